The van der Waals surface area contributed by atoms with Crippen molar-refractivity contribution in [2.24, 2.45) is 0 Å². The fourth-order valence-electron chi connectivity index (χ4n) is 2.56. The maximum Gasteiger partial charge on any atom is 0.315 e. The highest BCUT2D eigenvalue weighted by Crippen LogP contribution is 2.29. The van der Waals surface area contributed by atoms with Gasteiger partial charge < -0.3 is 9.26 Å². The summed E-state index contributed by atoms with van der Waals surface area (Å²) in [5.41, 5.74) is 0. The second-order valence-electron chi connectivity index (χ2n) is 5.07. The van der Waals surface area contributed by atoms with Gasteiger partial charge in [-0.3, -0.25) is 4.79 Å². The van der Waals surface area contributed by atoms with Gasteiger partial charge in [0.15, 0.2) is 5.82 Å². The molecule has 19 heavy (non-hydrogen) atoms. The molecule has 0 saturated heterocycles. The van der Waals surface area contributed by atoms with E-state index in [0.29, 0.717) is 18.4 Å². The van der Waals surface area contributed by atoms with E-state index in [0.717, 1.165) is 18.7 Å². The number of hydrogen-bond donors (Lipinski definition) is 0. The van der Waals surface area contributed by atoms with Crippen LogP contribution in [0.15, 0.2) is 4.52 Å². The average Bonchev–Trinajstić information content (AvgIpc) is 2.77. The molecule has 0 spiro atoms. The van der Waals surface area contributed by atoms with Gasteiger partial charge in [0.1, 0.15) is 6.42 Å². The van der Waals surface area contributed by atoms with Crippen molar-refractivity contribution in [3.8, 4) is 0 Å². The summed E-state index contributed by atoms with van der Waals surface area (Å²) in [6, 6.07) is 0. The molecule has 106 valence electrons. The number of carbonyl (C=O) groups is 1. The lowest BCUT2D eigenvalue weighted by Gasteiger charge is -2.15. The predicted molar refractivity (Wildman–Crippen MR) is 69.7 cm³/mol. The summed E-state index contributed by atoms with van der Waals surface area (Å²) >= 11 is 0. The molecule has 0 unspecified atom stereocenters. The zero-order valence-electron chi connectivity index (χ0n) is 11.6. The van der Waals surface area contributed by atoms with Crippen LogP contribution in [-0.4, -0.2) is 22.7 Å². The molecule has 0 atom stereocenters. The Kier molecular flexibility index (Phi) is 5.36. The van der Waals surface area contributed by atoms with E-state index in [1.165, 1.54) is 32.1 Å². The number of aromatic nitrogens is 2. The highest BCUT2D eigenvalue weighted by Gasteiger charge is 2.20. The number of rotatable bonds is 4. The molecule has 1 aromatic heterocycles. The standard InChI is InChI=1S/C14H22N2O3/c1-2-18-13(17)10-12-15-14(16-19-12)11-8-6-4-3-5-7-9-11/h11H,2-10H2,1H3. The Morgan fingerprint density at radius 3 is 2.63 bits per heavy atom. The van der Waals surface area contributed by atoms with Crippen molar-refractivity contribution < 1.29 is 14.1 Å². The van der Waals surface area contributed by atoms with Gasteiger partial charge in [-0.2, -0.15) is 4.98 Å². The average molecular weight is 266 g/mol. The number of carbonyl (C=O) groups excluding carboxylic acids is 1. The molecule has 1 aromatic rings. The highest BCUT2D eigenvalue weighted by molar-refractivity contribution is 5.71. The molecule has 0 N–H and O–H groups in total. The highest BCUT2D eigenvalue weighted by atomic mass is 16.5. The van der Waals surface area contributed by atoms with Gasteiger partial charge in [-0.05, 0) is 19.8 Å². The van der Waals surface area contributed by atoms with Crippen molar-refractivity contribution in [2.75, 3.05) is 6.61 Å². The van der Waals surface area contributed by atoms with E-state index in [1.54, 1.807) is 6.92 Å². The smallest absolute Gasteiger partial charge is 0.315 e. The molecular formula is C14H22N2O3. The van der Waals surface area contributed by atoms with Gasteiger partial charge in [0, 0.05) is 5.92 Å². The van der Waals surface area contributed by atoms with Crippen LogP contribution in [0.5, 0.6) is 0 Å². The van der Waals surface area contributed by atoms with E-state index < -0.39 is 0 Å². The van der Waals surface area contributed by atoms with E-state index in [2.05, 4.69) is 10.1 Å². The summed E-state index contributed by atoms with van der Waals surface area (Å²) in [6.45, 7) is 2.16. The maximum atomic E-state index is 11.3. The summed E-state index contributed by atoms with van der Waals surface area (Å²) in [5.74, 6) is 1.21. The van der Waals surface area contributed by atoms with E-state index >= 15 is 0 Å². The molecule has 0 aliphatic heterocycles. The molecule has 1 aliphatic rings. The summed E-state index contributed by atoms with van der Waals surface area (Å²) in [7, 11) is 0. The van der Waals surface area contributed by atoms with Crippen molar-refractivity contribution >= 4 is 5.97 Å². The predicted octanol–water partition coefficient (Wildman–Crippen LogP) is 3.00. The molecule has 0 aromatic carbocycles. The molecule has 2 rings (SSSR count). The zero-order chi connectivity index (χ0) is 13.5. The Morgan fingerprint density at radius 2 is 1.95 bits per heavy atom. The molecule has 1 saturated carbocycles. The van der Waals surface area contributed by atoms with Crippen LogP contribution in [0.4, 0.5) is 0 Å². The van der Waals surface area contributed by atoms with Crippen LogP contribution in [0.25, 0.3) is 0 Å². The fraction of sp³-hybridized carbons (Fsp3) is 0.786. The van der Waals surface area contributed by atoms with Crippen LogP contribution in [0.3, 0.4) is 0 Å². The van der Waals surface area contributed by atoms with Crippen molar-refractivity contribution in [1.82, 2.24) is 10.1 Å². The van der Waals surface area contributed by atoms with Gasteiger partial charge >= 0.3 is 5.97 Å². The summed E-state index contributed by atoms with van der Waals surface area (Å²) in [6.07, 6.45) is 8.71. The molecule has 1 fully saturated rings. The Morgan fingerprint density at radius 1 is 1.26 bits per heavy atom. The lowest BCUT2D eigenvalue weighted by atomic mass is 9.91. The molecule has 5 heteroatoms. The van der Waals surface area contributed by atoms with Crippen LogP contribution >= 0.6 is 0 Å². The lowest BCUT2D eigenvalue weighted by Crippen LogP contribution is -2.08. The Balaban J connectivity index is 1.93. The summed E-state index contributed by atoms with van der Waals surface area (Å²) in [4.78, 5) is 15.7. The van der Waals surface area contributed by atoms with Crippen LogP contribution in [-0.2, 0) is 16.0 Å². The van der Waals surface area contributed by atoms with Gasteiger partial charge in [0.25, 0.3) is 0 Å². The monoisotopic (exact) mass is 266 g/mol. The van der Waals surface area contributed by atoms with Gasteiger partial charge in [-0.25, -0.2) is 0 Å². The first-order valence-electron chi connectivity index (χ1n) is 7.27. The van der Waals surface area contributed by atoms with Gasteiger partial charge in [0.2, 0.25) is 5.89 Å². The van der Waals surface area contributed by atoms with Gasteiger partial charge in [-0.15, -0.1) is 0 Å². The molecule has 0 amide bonds. The van der Waals surface area contributed by atoms with Crippen molar-refractivity contribution in [3.05, 3.63) is 11.7 Å². The van der Waals surface area contributed by atoms with Gasteiger partial charge in [-0.1, -0.05) is 37.3 Å². The first-order valence-corrected chi connectivity index (χ1v) is 7.27. The summed E-state index contributed by atoms with van der Waals surface area (Å²) < 4.78 is 10.0. The molecule has 1 aliphatic carbocycles. The van der Waals surface area contributed by atoms with Crippen molar-refractivity contribution in [2.45, 2.75) is 64.2 Å². The number of hydrogen-bond acceptors (Lipinski definition) is 5. The number of esters is 1. The van der Waals surface area contributed by atoms with E-state index in [9.17, 15) is 4.79 Å². The zero-order valence-corrected chi connectivity index (χ0v) is 11.6. The van der Waals surface area contributed by atoms with Crippen LogP contribution in [0.2, 0.25) is 0 Å². The van der Waals surface area contributed by atoms with Crippen LogP contribution in [0.1, 0.15) is 69.5 Å². The number of ether oxygens (including phenoxy) is 1. The third kappa shape index (κ3) is 4.33. The van der Waals surface area contributed by atoms with Gasteiger partial charge in [0.05, 0.1) is 6.61 Å². The largest absolute Gasteiger partial charge is 0.466 e. The Labute approximate surface area is 113 Å². The van der Waals surface area contributed by atoms with E-state index in [4.69, 9.17) is 9.26 Å². The van der Waals surface area contributed by atoms with Crippen molar-refractivity contribution in [1.29, 1.82) is 0 Å². The minimum Gasteiger partial charge on any atom is -0.466 e. The quantitative estimate of drug-likeness (QED) is 0.784. The minimum atomic E-state index is -0.310. The molecule has 5 nitrogen and oxygen atoms in total. The third-order valence-corrected chi connectivity index (χ3v) is 3.56. The SMILES string of the molecule is CCOC(=O)Cc1nc(C2CCCCCCC2)no1. The second kappa shape index (κ2) is 7.26. The minimum absolute atomic E-state index is 0.0769. The lowest BCUT2D eigenvalue weighted by molar-refractivity contribution is -0.142. The molecule has 0 radical (unpaired) electrons. The first kappa shape index (κ1) is 14.0. The first-order chi connectivity index (χ1) is 9.29. The maximum absolute atomic E-state index is 11.3. The fourth-order valence-corrected chi connectivity index (χ4v) is 2.56. The van der Waals surface area contributed by atoms with E-state index in [1.807, 2.05) is 0 Å². The Hall–Kier alpha value is -1.39. The molecule has 0 bridgehead atoms. The third-order valence-electron chi connectivity index (χ3n) is 3.56. The Bertz CT molecular complexity index is 395. The van der Waals surface area contributed by atoms with Crippen molar-refractivity contribution in [3.63, 3.8) is 0 Å². The normalized spacial score (nSPS) is 17.7. The van der Waals surface area contributed by atoms with Crippen LogP contribution in [0, 0.1) is 0 Å². The number of nitrogens with zero attached hydrogens (tertiary/aromatic N) is 2. The van der Waals surface area contributed by atoms with E-state index in [-0.39, 0.29) is 12.4 Å². The topological polar surface area (TPSA) is 65.2 Å². The molecule has 1 heterocycles. The summed E-state index contributed by atoms with van der Waals surface area (Å²) in [5, 5.41) is 4.03. The second-order valence-corrected chi connectivity index (χ2v) is 5.07. The van der Waals surface area contributed by atoms with Crippen LogP contribution < -0.4 is 0 Å². The molecular weight excluding hydrogens is 244 g/mol.